The van der Waals surface area contributed by atoms with E-state index in [1.54, 1.807) is 24.3 Å². The molecule has 0 bridgehead atoms. The fraction of sp³-hybridized carbons (Fsp3) is 0.419. The number of unbranched alkanes of at least 4 members (excludes halogenated alkanes) is 1. The van der Waals surface area contributed by atoms with Crippen LogP contribution >= 0.6 is 20.4 Å². The molecule has 3 aromatic rings. The summed E-state index contributed by atoms with van der Waals surface area (Å²) in [7, 11) is 0.146. The van der Waals surface area contributed by atoms with E-state index in [-0.39, 0.29) is 90.9 Å². The number of carbonyl (C=O) groups excluding carboxylic acids is 4. The first kappa shape index (κ1) is 36.6. The monoisotopic (exact) mass is 703 g/mol. The van der Waals surface area contributed by atoms with Gasteiger partial charge in [0.2, 0.25) is 23.6 Å². The number of amides is 4. The van der Waals surface area contributed by atoms with Crippen LogP contribution in [-0.4, -0.2) is 93.1 Å². The number of rotatable bonds is 18. The first-order chi connectivity index (χ1) is 23.1. The second-order valence-corrected chi connectivity index (χ2v) is 12.5. The summed E-state index contributed by atoms with van der Waals surface area (Å²) in [6.45, 7) is 2.04. The Morgan fingerprint density at radius 2 is 1.71 bits per heavy atom. The molecule has 0 spiro atoms. The molecule has 4 amide bonds. The third kappa shape index (κ3) is 9.66. The number of imide groups is 1. The first-order valence-corrected chi connectivity index (χ1v) is 17.4. The third-order valence-electron chi connectivity index (χ3n) is 7.19. The molecule has 1 aliphatic rings. The lowest BCUT2D eigenvalue weighted by Gasteiger charge is -2.17. The van der Waals surface area contributed by atoms with Crippen molar-refractivity contribution in [2.24, 2.45) is 0 Å². The first-order valence-electron chi connectivity index (χ1n) is 15.2. The van der Waals surface area contributed by atoms with E-state index in [1.165, 1.54) is 38.1 Å². The minimum Gasteiger partial charge on any atom is -0.496 e. The molecule has 4 N–H and O–H groups in total. The van der Waals surface area contributed by atoms with Crippen LogP contribution in [0.1, 0.15) is 48.7 Å². The van der Waals surface area contributed by atoms with Gasteiger partial charge in [0.15, 0.2) is 5.69 Å². The highest BCUT2D eigenvalue weighted by atomic mass is 32.2. The number of hydrogen-bond donors (Lipinski definition) is 4. The van der Waals surface area contributed by atoms with Gasteiger partial charge in [0.1, 0.15) is 23.9 Å². The van der Waals surface area contributed by atoms with E-state index in [0.717, 1.165) is 23.5 Å². The van der Waals surface area contributed by atoms with Gasteiger partial charge in [0.25, 0.3) is 5.91 Å². The van der Waals surface area contributed by atoms with Crippen LogP contribution in [0.2, 0.25) is 0 Å². The average molecular weight is 704 g/mol. The third-order valence-corrected chi connectivity index (χ3v) is 8.86. The molecule has 48 heavy (non-hydrogen) atoms. The van der Waals surface area contributed by atoms with Crippen LogP contribution in [0, 0.1) is 0 Å². The zero-order valence-electron chi connectivity index (χ0n) is 26.8. The van der Waals surface area contributed by atoms with Crippen LogP contribution in [0.15, 0.2) is 36.4 Å². The van der Waals surface area contributed by atoms with Crippen molar-refractivity contribution in [2.45, 2.75) is 44.5 Å². The maximum atomic E-state index is 13.3. The Balaban J connectivity index is 1.35. The summed E-state index contributed by atoms with van der Waals surface area (Å²) >= 11 is 1.48. The molecular weight excluding hydrogens is 665 g/mol. The summed E-state index contributed by atoms with van der Waals surface area (Å²) in [5, 5.41) is 5.00. The molecule has 4 rings (SSSR count). The van der Waals surface area contributed by atoms with Gasteiger partial charge in [-0.25, -0.2) is 9.97 Å². The quantitative estimate of drug-likeness (QED) is 0.0858. The van der Waals surface area contributed by atoms with Crippen molar-refractivity contribution in [3.63, 3.8) is 0 Å². The highest BCUT2D eigenvalue weighted by Gasteiger charge is 2.38. The topological polar surface area (TPSA) is 199 Å². The molecule has 0 saturated carbocycles. The van der Waals surface area contributed by atoms with Crippen molar-refractivity contribution in [2.75, 3.05) is 39.6 Å². The number of carbonyl (C=O) groups is 4. The number of nitrogens with one attached hydrogen (secondary N) is 2. The minimum atomic E-state index is -2.67. The molecule has 2 aromatic carbocycles. The zero-order valence-corrected chi connectivity index (χ0v) is 28.5. The van der Waals surface area contributed by atoms with Crippen molar-refractivity contribution in [3.8, 4) is 23.1 Å². The Kier molecular flexibility index (Phi) is 13.6. The Morgan fingerprint density at radius 1 is 1.04 bits per heavy atom. The van der Waals surface area contributed by atoms with Crippen LogP contribution in [0.25, 0.3) is 11.0 Å². The SMILES string of the molecule is CCCCSC1CC(=O)N(CCC(=O)NCCNC(=O)c2nc3ccccc3nc2OCc2c(OC)cc(OP(O)O)cc2OC)C1=O. The molecule has 1 saturated heterocycles. The van der Waals surface area contributed by atoms with Crippen LogP contribution in [0.5, 0.6) is 23.1 Å². The number of thioether (sulfide) groups is 1. The highest BCUT2D eigenvalue weighted by molar-refractivity contribution is 8.00. The fourth-order valence-electron chi connectivity index (χ4n) is 4.77. The number of para-hydroxylation sites is 2. The number of aromatic nitrogens is 2. The van der Waals surface area contributed by atoms with Gasteiger partial charge >= 0.3 is 8.60 Å². The summed E-state index contributed by atoms with van der Waals surface area (Å²) in [6, 6.07) is 9.81. The Labute approximate surface area is 282 Å². The Morgan fingerprint density at radius 3 is 2.35 bits per heavy atom. The van der Waals surface area contributed by atoms with Crippen LogP contribution in [0.4, 0.5) is 0 Å². The zero-order chi connectivity index (χ0) is 34.6. The lowest BCUT2D eigenvalue weighted by molar-refractivity contribution is -0.138. The van der Waals surface area contributed by atoms with Gasteiger partial charge in [0, 0.05) is 44.6 Å². The smallest absolute Gasteiger partial charge is 0.391 e. The van der Waals surface area contributed by atoms with Gasteiger partial charge in [-0.2, -0.15) is 0 Å². The lowest BCUT2D eigenvalue weighted by Crippen LogP contribution is -2.38. The van der Waals surface area contributed by atoms with E-state index in [9.17, 15) is 29.0 Å². The maximum Gasteiger partial charge on any atom is 0.391 e. The maximum absolute atomic E-state index is 13.3. The minimum absolute atomic E-state index is 0.00356. The molecule has 1 atom stereocenters. The summed E-state index contributed by atoms with van der Waals surface area (Å²) in [4.78, 5) is 79.2. The standard InChI is InChI=1S/C31H38N5O10PS/c1-4-5-14-48-25-17-27(38)36(31(25)40)13-10-26(37)32-11-12-33-29(39)28-30(35-22-9-7-6-8-21(22)34-28)45-18-20-23(43-2)15-19(46-47(41)42)16-24(20)44-3/h6-9,15-16,25,41-42H,4-5,10-14,17-18H2,1-3H3,(H,32,37)(H,33,39). The molecule has 2 heterocycles. The van der Waals surface area contributed by atoms with E-state index in [4.69, 9.17) is 18.7 Å². The number of nitrogens with zero attached hydrogens (tertiary/aromatic N) is 3. The summed E-state index contributed by atoms with van der Waals surface area (Å²) in [5.41, 5.74) is 1.28. The number of hydrogen-bond acceptors (Lipinski definition) is 13. The van der Waals surface area contributed by atoms with Crippen molar-refractivity contribution < 1.29 is 47.7 Å². The number of methoxy groups -OCH3 is 2. The highest BCUT2D eigenvalue weighted by Crippen LogP contribution is 2.39. The molecule has 0 radical (unpaired) electrons. The average Bonchev–Trinajstić information content (AvgIpc) is 3.34. The summed E-state index contributed by atoms with van der Waals surface area (Å²) in [6.07, 6.45) is 2.09. The molecule has 1 unspecified atom stereocenters. The van der Waals surface area contributed by atoms with E-state index < -0.39 is 14.5 Å². The van der Waals surface area contributed by atoms with E-state index in [1.807, 2.05) is 0 Å². The molecule has 17 heteroatoms. The van der Waals surface area contributed by atoms with Gasteiger partial charge in [-0.05, 0) is 24.3 Å². The number of ether oxygens (including phenoxy) is 3. The van der Waals surface area contributed by atoms with Gasteiger partial charge in [0.05, 0.1) is 36.1 Å². The van der Waals surface area contributed by atoms with Gasteiger partial charge in [-0.3, -0.25) is 24.1 Å². The van der Waals surface area contributed by atoms with Gasteiger partial charge < -0.3 is 39.2 Å². The van der Waals surface area contributed by atoms with Gasteiger partial charge in [-0.15, -0.1) is 11.8 Å². The predicted octanol–water partition coefficient (Wildman–Crippen LogP) is 2.71. The largest absolute Gasteiger partial charge is 0.496 e. The number of benzene rings is 2. The lowest BCUT2D eigenvalue weighted by atomic mass is 10.1. The molecule has 258 valence electrons. The Bertz CT molecular complexity index is 1600. The molecule has 0 aliphatic carbocycles. The normalized spacial score (nSPS) is 14.4. The van der Waals surface area contributed by atoms with Crippen LogP contribution < -0.4 is 29.4 Å². The van der Waals surface area contributed by atoms with E-state index in [0.29, 0.717) is 16.6 Å². The summed E-state index contributed by atoms with van der Waals surface area (Å²) in [5.74, 6) is -0.110. The van der Waals surface area contributed by atoms with Gasteiger partial charge in [-0.1, -0.05) is 25.5 Å². The van der Waals surface area contributed by atoms with Crippen molar-refractivity contribution in [3.05, 3.63) is 47.7 Å². The predicted molar refractivity (Wildman–Crippen MR) is 178 cm³/mol. The molecule has 15 nitrogen and oxygen atoms in total. The van der Waals surface area contributed by atoms with Crippen molar-refractivity contribution in [1.29, 1.82) is 0 Å². The molecule has 1 aromatic heterocycles. The van der Waals surface area contributed by atoms with Crippen molar-refractivity contribution in [1.82, 2.24) is 25.5 Å². The second kappa shape index (κ2) is 17.8. The van der Waals surface area contributed by atoms with E-state index in [2.05, 4.69) is 27.5 Å². The van der Waals surface area contributed by atoms with Crippen LogP contribution in [0.3, 0.4) is 0 Å². The van der Waals surface area contributed by atoms with Crippen molar-refractivity contribution >= 4 is 55.0 Å². The second-order valence-electron chi connectivity index (χ2n) is 10.5. The van der Waals surface area contributed by atoms with E-state index >= 15 is 0 Å². The van der Waals surface area contributed by atoms with Crippen LogP contribution in [-0.2, 0) is 21.0 Å². The number of fused-ring (bicyclic) bond motifs is 1. The fourth-order valence-corrected chi connectivity index (χ4v) is 6.34. The molecule has 1 aliphatic heterocycles. The molecule has 1 fully saturated rings. The summed E-state index contributed by atoms with van der Waals surface area (Å²) < 4.78 is 21.8. The molecular formula is C31H38N5O10PS. The number of likely N-dealkylation sites (tertiary alicyclic amines) is 1. The Hall–Kier alpha value is -4.24.